The standard InChI is InChI=1S/C16H14F3N5O/c17-16(18,19)11-25-14-8-6-12(7-9-14)10-20-15-21-22-23-24(15)13-4-2-1-3-5-13/h1-9H,10-11H2,(H,20,21,23). The van der Waals surface area contributed by atoms with Crippen molar-refractivity contribution in [2.24, 2.45) is 0 Å². The molecule has 0 saturated heterocycles. The molecule has 0 amide bonds. The van der Waals surface area contributed by atoms with Gasteiger partial charge in [-0.15, -0.1) is 0 Å². The van der Waals surface area contributed by atoms with E-state index in [1.54, 1.807) is 16.8 Å². The fourth-order valence-corrected chi connectivity index (χ4v) is 2.09. The van der Waals surface area contributed by atoms with Crippen molar-refractivity contribution in [2.45, 2.75) is 12.7 Å². The smallest absolute Gasteiger partial charge is 0.422 e. The number of nitrogens with one attached hydrogen (secondary N) is 1. The Morgan fingerprint density at radius 3 is 2.40 bits per heavy atom. The molecule has 0 aliphatic carbocycles. The molecule has 1 N–H and O–H groups in total. The Kier molecular flexibility index (Phi) is 4.82. The van der Waals surface area contributed by atoms with Crippen LogP contribution in [0, 0.1) is 0 Å². The zero-order chi connectivity index (χ0) is 17.7. The first kappa shape index (κ1) is 16.7. The third-order valence-electron chi connectivity index (χ3n) is 3.25. The lowest BCUT2D eigenvalue weighted by Crippen LogP contribution is -2.19. The van der Waals surface area contributed by atoms with Crippen molar-refractivity contribution < 1.29 is 17.9 Å². The number of alkyl halides is 3. The first-order valence-corrected chi connectivity index (χ1v) is 7.37. The Balaban J connectivity index is 1.60. The van der Waals surface area contributed by atoms with Gasteiger partial charge in [-0.1, -0.05) is 35.4 Å². The summed E-state index contributed by atoms with van der Waals surface area (Å²) in [7, 11) is 0. The van der Waals surface area contributed by atoms with Crippen LogP contribution in [0.25, 0.3) is 5.69 Å². The van der Waals surface area contributed by atoms with E-state index in [-0.39, 0.29) is 5.75 Å². The molecule has 0 bridgehead atoms. The largest absolute Gasteiger partial charge is 0.484 e. The second-order valence-electron chi connectivity index (χ2n) is 5.15. The molecule has 6 nitrogen and oxygen atoms in total. The molecular formula is C16H14F3N5O. The van der Waals surface area contributed by atoms with E-state index < -0.39 is 12.8 Å². The van der Waals surface area contributed by atoms with Crippen molar-refractivity contribution in [3.63, 3.8) is 0 Å². The predicted octanol–water partition coefficient (Wildman–Crippen LogP) is 3.22. The van der Waals surface area contributed by atoms with Gasteiger partial charge in [0.15, 0.2) is 6.61 Å². The number of hydrogen-bond acceptors (Lipinski definition) is 5. The molecule has 0 aliphatic rings. The lowest BCUT2D eigenvalue weighted by atomic mass is 10.2. The summed E-state index contributed by atoms with van der Waals surface area (Å²) in [6.45, 7) is -0.900. The first-order valence-electron chi connectivity index (χ1n) is 7.37. The monoisotopic (exact) mass is 349 g/mol. The van der Waals surface area contributed by atoms with Gasteiger partial charge in [-0.2, -0.15) is 17.9 Å². The molecule has 1 aromatic heterocycles. The van der Waals surface area contributed by atoms with Gasteiger partial charge < -0.3 is 10.1 Å². The van der Waals surface area contributed by atoms with Crippen LogP contribution in [0.1, 0.15) is 5.56 Å². The average molecular weight is 349 g/mol. The van der Waals surface area contributed by atoms with Gasteiger partial charge in [0.1, 0.15) is 5.75 Å². The minimum atomic E-state index is -4.35. The molecule has 0 atom stereocenters. The zero-order valence-electron chi connectivity index (χ0n) is 12.9. The molecule has 0 spiro atoms. The summed E-state index contributed by atoms with van der Waals surface area (Å²) in [5, 5.41) is 14.6. The number of nitrogens with zero attached hydrogens (tertiary/aromatic N) is 4. The quantitative estimate of drug-likeness (QED) is 0.740. The highest BCUT2D eigenvalue weighted by molar-refractivity contribution is 5.39. The number of ether oxygens (including phenoxy) is 1. The van der Waals surface area contributed by atoms with Crippen molar-refractivity contribution >= 4 is 5.95 Å². The number of aromatic nitrogens is 4. The van der Waals surface area contributed by atoms with Crippen molar-refractivity contribution in [1.82, 2.24) is 20.2 Å². The summed E-state index contributed by atoms with van der Waals surface area (Å²) in [5.74, 6) is 0.624. The summed E-state index contributed by atoms with van der Waals surface area (Å²) < 4.78 is 42.6. The highest BCUT2D eigenvalue weighted by atomic mass is 19.4. The number of benzene rings is 2. The van der Waals surface area contributed by atoms with Crippen LogP contribution in [0.5, 0.6) is 5.75 Å². The SMILES string of the molecule is FC(F)(F)COc1ccc(CNc2nnnn2-c2ccccc2)cc1. The molecule has 3 rings (SSSR count). The molecular weight excluding hydrogens is 335 g/mol. The fraction of sp³-hybridized carbons (Fsp3) is 0.188. The van der Waals surface area contributed by atoms with Crippen LogP contribution in [0.3, 0.4) is 0 Å². The first-order chi connectivity index (χ1) is 12.0. The zero-order valence-corrected chi connectivity index (χ0v) is 12.9. The summed E-state index contributed by atoms with van der Waals surface area (Å²) in [6.07, 6.45) is -4.35. The van der Waals surface area contributed by atoms with Crippen LogP contribution in [0.2, 0.25) is 0 Å². The van der Waals surface area contributed by atoms with E-state index in [4.69, 9.17) is 0 Å². The summed E-state index contributed by atoms with van der Waals surface area (Å²) >= 11 is 0. The van der Waals surface area contributed by atoms with Gasteiger partial charge >= 0.3 is 6.18 Å². The number of para-hydroxylation sites is 1. The average Bonchev–Trinajstić information content (AvgIpc) is 3.08. The maximum absolute atomic E-state index is 12.1. The van der Waals surface area contributed by atoms with Crippen molar-refractivity contribution in [2.75, 3.05) is 11.9 Å². The molecule has 0 unspecified atom stereocenters. The number of hydrogen-bond donors (Lipinski definition) is 1. The van der Waals surface area contributed by atoms with Crippen LogP contribution < -0.4 is 10.1 Å². The Morgan fingerprint density at radius 2 is 1.72 bits per heavy atom. The Morgan fingerprint density at radius 1 is 1.00 bits per heavy atom. The third kappa shape index (κ3) is 4.69. The maximum atomic E-state index is 12.1. The molecule has 2 aromatic carbocycles. The second kappa shape index (κ2) is 7.20. The predicted molar refractivity (Wildman–Crippen MR) is 84.5 cm³/mol. The van der Waals surface area contributed by atoms with E-state index in [9.17, 15) is 13.2 Å². The topological polar surface area (TPSA) is 64.9 Å². The maximum Gasteiger partial charge on any atom is 0.422 e. The molecule has 0 fully saturated rings. The summed E-state index contributed by atoms with van der Waals surface area (Å²) in [6, 6.07) is 15.7. The number of tetrazole rings is 1. The Bertz CT molecular complexity index is 803. The lowest BCUT2D eigenvalue weighted by Gasteiger charge is -2.10. The Hall–Kier alpha value is -3.10. The Labute approximate surface area is 141 Å². The van der Waals surface area contributed by atoms with Crippen molar-refractivity contribution in [1.29, 1.82) is 0 Å². The van der Waals surface area contributed by atoms with E-state index >= 15 is 0 Å². The molecule has 130 valence electrons. The molecule has 25 heavy (non-hydrogen) atoms. The highest BCUT2D eigenvalue weighted by Gasteiger charge is 2.28. The second-order valence-corrected chi connectivity index (χ2v) is 5.15. The van der Waals surface area contributed by atoms with E-state index in [0.717, 1.165) is 11.3 Å². The van der Waals surface area contributed by atoms with Gasteiger partial charge in [0.2, 0.25) is 5.95 Å². The van der Waals surface area contributed by atoms with Gasteiger partial charge in [-0.25, -0.2) is 0 Å². The molecule has 9 heteroatoms. The van der Waals surface area contributed by atoms with E-state index in [1.807, 2.05) is 30.3 Å². The van der Waals surface area contributed by atoms with Crippen molar-refractivity contribution in [3.05, 3.63) is 60.2 Å². The van der Waals surface area contributed by atoms with Gasteiger partial charge in [0.05, 0.1) is 5.69 Å². The van der Waals surface area contributed by atoms with Gasteiger partial charge in [0, 0.05) is 6.54 Å². The van der Waals surface area contributed by atoms with Crippen LogP contribution in [0.4, 0.5) is 19.1 Å². The van der Waals surface area contributed by atoms with Gasteiger partial charge in [0.25, 0.3) is 0 Å². The molecule has 0 radical (unpaired) electrons. The van der Waals surface area contributed by atoms with E-state index in [1.165, 1.54) is 12.1 Å². The lowest BCUT2D eigenvalue weighted by molar-refractivity contribution is -0.153. The minimum absolute atomic E-state index is 0.162. The van der Waals surface area contributed by atoms with Crippen LogP contribution >= 0.6 is 0 Å². The van der Waals surface area contributed by atoms with Gasteiger partial charge in [-0.3, -0.25) is 0 Å². The number of rotatable bonds is 6. The molecule has 0 aliphatic heterocycles. The van der Waals surface area contributed by atoms with E-state index in [2.05, 4.69) is 25.6 Å². The van der Waals surface area contributed by atoms with Crippen LogP contribution in [0.15, 0.2) is 54.6 Å². The molecule has 0 saturated carbocycles. The van der Waals surface area contributed by atoms with Crippen molar-refractivity contribution in [3.8, 4) is 11.4 Å². The summed E-state index contributed by atoms with van der Waals surface area (Å²) in [4.78, 5) is 0. The van der Waals surface area contributed by atoms with E-state index in [0.29, 0.717) is 12.5 Å². The minimum Gasteiger partial charge on any atom is -0.484 e. The molecule has 1 heterocycles. The summed E-state index contributed by atoms with van der Waals surface area (Å²) in [5.41, 5.74) is 1.66. The highest BCUT2D eigenvalue weighted by Crippen LogP contribution is 2.19. The molecule has 3 aromatic rings. The normalized spacial score (nSPS) is 11.3. The third-order valence-corrected chi connectivity index (χ3v) is 3.25. The van der Waals surface area contributed by atoms with Crippen LogP contribution in [-0.4, -0.2) is 33.0 Å². The number of halogens is 3. The number of anilines is 1. The van der Waals surface area contributed by atoms with Gasteiger partial charge in [-0.05, 0) is 40.3 Å². The van der Waals surface area contributed by atoms with Crippen LogP contribution in [-0.2, 0) is 6.54 Å². The fourth-order valence-electron chi connectivity index (χ4n) is 2.09.